The Kier molecular flexibility index (Phi) is 4.70. The number of carbonyl (C=O) groups excluding carboxylic acids is 1. The van der Waals surface area contributed by atoms with Crippen LogP contribution in [-0.4, -0.2) is 30.3 Å². The quantitative estimate of drug-likeness (QED) is 0.697. The first-order valence-corrected chi connectivity index (χ1v) is 7.75. The lowest BCUT2D eigenvalue weighted by molar-refractivity contribution is -0.112. The molecule has 0 unspecified atom stereocenters. The first-order valence-electron chi connectivity index (χ1n) is 7.75. The molecule has 0 aliphatic heterocycles. The van der Waals surface area contributed by atoms with E-state index in [1.807, 2.05) is 36.4 Å². The number of nitrogens with one attached hydrogen (secondary N) is 2. The van der Waals surface area contributed by atoms with Gasteiger partial charge in [-0.15, -0.1) is 0 Å². The van der Waals surface area contributed by atoms with Crippen molar-refractivity contribution < 1.29 is 14.3 Å². The number of amides is 1. The predicted molar refractivity (Wildman–Crippen MR) is 97.9 cm³/mol. The summed E-state index contributed by atoms with van der Waals surface area (Å²) in [7, 11) is 3.17. The van der Waals surface area contributed by atoms with Gasteiger partial charge in [-0.3, -0.25) is 9.89 Å². The van der Waals surface area contributed by atoms with E-state index >= 15 is 0 Å². The topological polar surface area (TPSA) is 76.2 Å². The maximum absolute atomic E-state index is 12.4. The van der Waals surface area contributed by atoms with Crippen LogP contribution in [0.25, 0.3) is 17.0 Å². The predicted octanol–water partition coefficient (Wildman–Crippen LogP) is 3.62. The van der Waals surface area contributed by atoms with Crippen LogP contribution in [-0.2, 0) is 4.79 Å². The summed E-state index contributed by atoms with van der Waals surface area (Å²) in [5.41, 5.74) is 3.02. The Bertz CT molecular complexity index is 944. The number of aromatic amines is 1. The van der Waals surface area contributed by atoms with Crippen LogP contribution < -0.4 is 14.8 Å². The molecule has 3 rings (SSSR count). The number of anilines is 1. The smallest absolute Gasteiger partial charge is 0.251 e. The molecule has 1 heterocycles. The van der Waals surface area contributed by atoms with Crippen LogP contribution in [0.4, 0.5) is 5.69 Å². The van der Waals surface area contributed by atoms with Crippen molar-refractivity contribution in [1.82, 2.24) is 10.2 Å². The number of benzene rings is 2. The molecule has 0 aliphatic carbocycles. The van der Waals surface area contributed by atoms with Gasteiger partial charge in [-0.05, 0) is 48.9 Å². The molecule has 1 aromatic heterocycles. The molecule has 1 amide bonds. The molecule has 0 bridgehead atoms. The number of aromatic nitrogens is 2. The zero-order valence-electron chi connectivity index (χ0n) is 14.3. The van der Waals surface area contributed by atoms with Crippen LogP contribution in [0.1, 0.15) is 12.5 Å². The lowest BCUT2D eigenvalue weighted by atomic mass is 10.1. The Hall–Kier alpha value is -3.28. The van der Waals surface area contributed by atoms with E-state index in [9.17, 15) is 4.79 Å². The number of ether oxygens (including phenoxy) is 2. The zero-order chi connectivity index (χ0) is 17.8. The van der Waals surface area contributed by atoms with Gasteiger partial charge in [0.1, 0.15) is 0 Å². The van der Waals surface area contributed by atoms with Crippen LogP contribution in [0, 0.1) is 0 Å². The fraction of sp³-hybridized carbons (Fsp3) is 0.158. The maximum Gasteiger partial charge on any atom is 0.251 e. The van der Waals surface area contributed by atoms with Crippen molar-refractivity contribution in [1.29, 1.82) is 0 Å². The zero-order valence-corrected chi connectivity index (χ0v) is 14.3. The SMILES string of the molecule is COc1ccc(/C=C(\C)C(=O)Nc2ccc3cn[nH]c3c2)cc1OC. The summed E-state index contributed by atoms with van der Waals surface area (Å²) in [5, 5.41) is 10.7. The van der Waals surface area contributed by atoms with Crippen molar-refractivity contribution >= 4 is 28.6 Å². The third-order valence-corrected chi connectivity index (χ3v) is 3.85. The molecule has 6 nitrogen and oxygen atoms in total. The van der Waals surface area contributed by atoms with Crippen molar-refractivity contribution in [2.24, 2.45) is 0 Å². The standard InChI is InChI=1S/C19H19N3O3/c1-12(8-13-4-7-17(24-2)18(9-13)25-3)19(23)21-15-6-5-14-11-20-22-16(14)10-15/h4-11H,1-3H3,(H,20,22)(H,21,23)/b12-8+. The fourth-order valence-corrected chi connectivity index (χ4v) is 2.50. The van der Waals surface area contributed by atoms with E-state index in [-0.39, 0.29) is 5.91 Å². The summed E-state index contributed by atoms with van der Waals surface area (Å²) < 4.78 is 10.5. The van der Waals surface area contributed by atoms with E-state index in [1.54, 1.807) is 33.4 Å². The summed E-state index contributed by atoms with van der Waals surface area (Å²) in [5.74, 6) is 1.09. The van der Waals surface area contributed by atoms with Gasteiger partial charge in [0.05, 0.1) is 25.9 Å². The van der Waals surface area contributed by atoms with Gasteiger partial charge in [-0.25, -0.2) is 0 Å². The third kappa shape index (κ3) is 3.63. The Morgan fingerprint density at radius 3 is 2.68 bits per heavy atom. The minimum absolute atomic E-state index is 0.173. The molecule has 0 saturated carbocycles. The Morgan fingerprint density at radius 1 is 1.12 bits per heavy atom. The molecular weight excluding hydrogens is 318 g/mol. The second-order valence-corrected chi connectivity index (χ2v) is 5.57. The second-order valence-electron chi connectivity index (χ2n) is 5.57. The molecule has 0 spiro atoms. The number of hydrogen-bond acceptors (Lipinski definition) is 4. The van der Waals surface area contributed by atoms with Crippen LogP contribution in [0.15, 0.2) is 48.2 Å². The molecule has 0 atom stereocenters. The highest BCUT2D eigenvalue weighted by molar-refractivity contribution is 6.06. The number of fused-ring (bicyclic) bond motifs is 1. The average Bonchev–Trinajstić information content (AvgIpc) is 3.09. The highest BCUT2D eigenvalue weighted by atomic mass is 16.5. The summed E-state index contributed by atoms with van der Waals surface area (Å²) >= 11 is 0. The van der Waals surface area contributed by atoms with Crippen LogP contribution >= 0.6 is 0 Å². The summed E-state index contributed by atoms with van der Waals surface area (Å²) in [6.45, 7) is 1.76. The summed E-state index contributed by atoms with van der Waals surface area (Å²) in [6, 6.07) is 11.1. The Morgan fingerprint density at radius 2 is 1.92 bits per heavy atom. The molecule has 2 N–H and O–H groups in total. The molecule has 3 aromatic rings. The van der Waals surface area contributed by atoms with Gasteiger partial charge >= 0.3 is 0 Å². The number of H-pyrrole nitrogens is 1. The largest absolute Gasteiger partial charge is 0.493 e. The van der Waals surface area contributed by atoms with Crippen molar-refractivity contribution in [3.8, 4) is 11.5 Å². The normalized spacial score (nSPS) is 11.4. The number of methoxy groups -OCH3 is 2. The molecule has 0 aliphatic rings. The van der Waals surface area contributed by atoms with Crippen molar-refractivity contribution in [3.05, 3.63) is 53.7 Å². The van der Waals surface area contributed by atoms with Gasteiger partial charge < -0.3 is 14.8 Å². The third-order valence-electron chi connectivity index (χ3n) is 3.85. The first-order chi connectivity index (χ1) is 12.1. The number of rotatable bonds is 5. The highest BCUT2D eigenvalue weighted by Gasteiger charge is 2.08. The van der Waals surface area contributed by atoms with Crippen LogP contribution in [0.3, 0.4) is 0 Å². The van der Waals surface area contributed by atoms with E-state index < -0.39 is 0 Å². The highest BCUT2D eigenvalue weighted by Crippen LogP contribution is 2.28. The van der Waals surface area contributed by atoms with Crippen LogP contribution in [0.5, 0.6) is 11.5 Å². The molecule has 2 aromatic carbocycles. The van der Waals surface area contributed by atoms with Crippen molar-refractivity contribution in [3.63, 3.8) is 0 Å². The van der Waals surface area contributed by atoms with E-state index in [0.717, 1.165) is 16.5 Å². The van der Waals surface area contributed by atoms with Gasteiger partial charge in [0, 0.05) is 16.6 Å². The van der Waals surface area contributed by atoms with E-state index in [4.69, 9.17) is 9.47 Å². The molecule has 0 radical (unpaired) electrons. The number of nitrogens with zero attached hydrogens (tertiary/aromatic N) is 1. The minimum atomic E-state index is -0.173. The summed E-state index contributed by atoms with van der Waals surface area (Å²) in [6.07, 6.45) is 3.54. The van der Waals surface area contributed by atoms with E-state index in [2.05, 4.69) is 15.5 Å². The molecule has 0 fully saturated rings. The molecule has 0 saturated heterocycles. The van der Waals surface area contributed by atoms with Crippen molar-refractivity contribution in [2.75, 3.05) is 19.5 Å². The van der Waals surface area contributed by atoms with Gasteiger partial charge in [-0.2, -0.15) is 5.10 Å². The molecule has 6 heteroatoms. The van der Waals surface area contributed by atoms with Gasteiger partial charge in [0.25, 0.3) is 5.91 Å². The van der Waals surface area contributed by atoms with Gasteiger partial charge in [-0.1, -0.05) is 6.07 Å². The van der Waals surface area contributed by atoms with E-state index in [0.29, 0.717) is 22.8 Å². The second kappa shape index (κ2) is 7.09. The van der Waals surface area contributed by atoms with Crippen LogP contribution in [0.2, 0.25) is 0 Å². The average molecular weight is 337 g/mol. The Balaban J connectivity index is 1.78. The number of carbonyl (C=O) groups is 1. The van der Waals surface area contributed by atoms with Gasteiger partial charge in [0.2, 0.25) is 0 Å². The monoisotopic (exact) mass is 337 g/mol. The molecule has 128 valence electrons. The molecule has 25 heavy (non-hydrogen) atoms. The van der Waals surface area contributed by atoms with Crippen molar-refractivity contribution in [2.45, 2.75) is 6.92 Å². The maximum atomic E-state index is 12.4. The van der Waals surface area contributed by atoms with Gasteiger partial charge in [0.15, 0.2) is 11.5 Å². The first kappa shape index (κ1) is 16.6. The summed E-state index contributed by atoms with van der Waals surface area (Å²) in [4.78, 5) is 12.4. The molecular formula is C19H19N3O3. The fourth-order valence-electron chi connectivity index (χ4n) is 2.50. The Labute approximate surface area is 145 Å². The lowest BCUT2D eigenvalue weighted by Crippen LogP contribution is -2.12. The van der Waals surface area contributed by atoms with E-state index in [1.165, 1.54) is 0 Å². The lowest BCUT2D eigenvalue weighted by Gasteiger charge is -2.09. The minimum Gasteiger partial charge on any atom is -0.493 e. The number of hydrogen-bond donors (Lipinski definition) is 2.